The molecule has 0 radical (unpaired) electrons. The van der Waals surface area contributed by atoms with Gasteiger partial charge >= 0.3 is 5.97 Å². The number of nitrogens with zero attached hydrogens (tertiary/aromatic N) is 2. The third-order valence-corrected chi connectivity index (χ3v) is 3.76. The summed E-state index contributed by atoms with van der Waals surface area (Å²) in [5, 5.41) is 13.4. The first-order valence-electron chi connectivity index (χ1n) is 6.69. The second-order valence-corrected chi connectivity index (χ2v) is 5.30. The highest BCUT2D eigenvalue weighted by molar-refractivity contribution is 5.70. The zero-order chi connectivity index (χ0) is 14.9. The molecule has 2 rings (SSSR count). The topological polar surface area (TPSA) is 55.1 Å². The first-order chi connectivity index (χ1) is 9.38. The van der Waals surface area contributed by atoms with Crippen LogP contribution in [0.2, 0.25) is 0 Å². The smallest absolute Gasteiger partial charge is 0.307 e. The van der Waals surface area contributed by atoms with E-state index < -0.39 is 5.97 Å². The maximum atomic E-state index is 10.9. The van der Waals surface area contributed by atoms with Crippen LogP contribution in [0, 0.1) is 27.7 Å². The number of benzene rings is 1. The summed E-state index contributed by atoms with van der Waals surface area (Å²) in [6, 6.07) is 6.35. The second-order valence-electron chi connectivity index (χ2n) is 5.30. The molecule has 0 unspecified atom stereocenters. The summed E-state index contributed by atoms with van der Waals surface area (Å²) in [7, 11) is 0. The molecule has 0 saturated heterocycles. The molecule has 1 aromatic heterocycles. The number of carbonyl (C=O) groups is 1. The van der Waals surface area contributed by atoms with Crippen molar-refractivity contribution < 1.29 is 9.90 Å². The number of aromatic nitrogens is 2. The van der Waals surface area contributed by atoms with E-state index in [1.807, 2.05) is 18.5 Å². The van der Waals surface area contributed by atoms with Gasteiger partial charge in [0, 0.05) is 11.3 Å². The number of rotatable bonds is 4. The van der Waals surface area contributed by atoms with Crippen LogP contribution in [0.25, 0.3) is 0 Å². The van der Waals surface area contributed by atoms with Gasteiger partial charge in [-0.2, -0.15) is 5.10 Å². The molecule has 0 saturated carbocycles. The molecule has 0 spiro atoms. The van der Waals surface area contributed by atoms with Crippen LogP contribution in [-0.4, -0.2) is 20.9 Å². The molecule has 0 amide bonds. The van der Waals surface area contributed by atoms with Crippen molar-refractivity contribution in [3.8, 4) is 0 Å². The molecule has 4 heteroatoms. The van der Waals surface area contributed by atoms with Crippen LogP contribution in [0.5, 0.6) is 0 Å². The van der Waals surface area contributed by atoms with E-state index in [9.17, 15) is 4.79 Å². The van der Waals surface area contributed by atoms with E-state index in [0.29, 0.717) is 6.54 Å². The fourth-order valence-corrected chi connectivity index (χ4v) is 2.37. The lowest BCUT2D eigenvalue weighted by Crippen LogP contribution is -2.06. The first-order valence-corrected chi connectivity index (χ1v) is 6.69. The lowest BCUT2D eigenvalue weighted by Gasteiger charge is -2.08. The highest BCUT2D eigenvalue weighted by Crippen LogP contribution is 2.17. The van der Waals surface area contributed by atoms with Crippen LogP contribution in [-0.2, 0) is 17.8 Å². The molecule has 106 valence electrons. The van der Waals surface area contributed by atoms with Gasteiger partial charge in [-0.25, -0.2) is 0 Å². The molecule has 0 bridgehead atoms. The van der Waals surface area contributed by atoms with Crippen LogP contribution in [0.4, 0.5) is 0 Å². The highest BCUT2D eigenvalue weighted by atomic mass is 16.4. The largest absolute Gasteiger partial charge is 0.481 e. The average Bonchev–Trinajstić information content (AvgIpc) is 2.61. The average molecular weight is 272 g/mol. The molecular formula is C16H20N2O2. The third kappa shape index (κ3) is 2.90. The minimum atomic E-state index is -0.818. The van der Waals surface area contributed by atoms with Gasteiger partial charge < -0.3 is 5.11 Å². The Morgan fingerprint density at radius 1 is 1.20 bits per heavy atom. The Kier molecular flexibility index (Phi) is 3.93. The predicted octanol–water partition coefficient (Wildman–Crippen LogP) is 2.79. The van der Waals surface area contributed by atoms with Gasteiger partial charge in [0.2, 0.25) is 0 Å². The van der Waals surface area contributed by atoms with Gasteiger partial charge in [-0.1, -0.05) is 18.2 Å². The summed E-state index contributed by atoms with van der Waals surface area (Å²) in [6.07, 6.45) is 0.0323. The van der Waals surface area contributed by atoms with E-state index >= 15 is 0 Å². The standard InChI is InChI=1S/C16H20N2O2/c1-10-5-6-14(7-11(10)2)9-18-13(4)15(8-16(19)20)12(3)17-18/h5-7H,8-9H2,1-4H3,(H,19,20). The number of hydrogen-bond donors (Lipinski definition) is 1. The third-order valence-electron chi connectivity index (χ3n) is 3.76. The van der Waals surface area contributed by atoms with Crippen molar-refractivity contribution in [2.45, 2.75) is 40.7 Å². The lowest BCUT2D eigenvalue weighted by molar-refractivity contribution is -0.136. The van der Waals surface area contributed by atoms with E-state index in [0.717, 1.165) is 17.0 Å². The summed E-state index contributed by atoms with van der Waals surface area (Å²) < 4.78 is 1.89. The molecular weight excluding hydrogens is 252 g/mol. The van der Waals surface area contributed by atoms with Gasteiger partial charge in [0.25, 0.3) is 0 Å². The van der Waals surface area contributed by atoms with Gasteiger partial charge in [-0.15, -0.1) is 0 Å². The van der Waals surface area contributed by atoms with Gasteiger partial charge in [0.1, 0.15) is 0 Å². The van der Waals surface area contributed by atoms with E-state index in [4.69, 9.17) is 5.11 Å². The zero-order valence-electron chi connectivity index (χ0n) is 12.4. The molecule has 1 N–H and O–H groups in total. The Hall–Kier alpha value is -2.10. The molecule has 0 aliphatic rings. The van der Waals surface area contributed by atoms with Crippen LogP contribution < -0.4 is 0 Å². The maximum Gasteiger partial charge on any atom is 0.307 e. The van der Waals surface area contributed by atoms with Crippen molar-refractivity contribution in [3.63, 3.8) is 0 Å². The predicted molar refractivity (Wildman–Crippen MR) is 78.1 cm³/mol. The zero-order valence-corrected chi connectivity index (χ0v) is 12.4. The summed E-state index contributed by atoms with van der Waals surface area (Å²) >= 11 is 0. The fourth-order valence-electron chi connectivity index (χ4n) is 2.37. The van der Waals surface area contributed by atoms with Crippen LogP contribution >= 0.6 is 0 Å². The number of hydrogen-bond acceptors (Lipinski definition) is 2. The lowest BCUT2D eigenvalue weighted by atomic mass is 10.1. The van der Waals surface area contributed by atoms with Gasteiger partial charge in [0.05, 0.1) is 18.7 Å². The summed E-state index contributed by atoms with van der Waals surface area (Å²) in [6.45, 7) is 8.65. The van der Waals surface area contributed by atoms with Crippen molar-refractivity contribution in [2.24, 2.45) is 0 Å². The molecule has 0 aliphatic carbocycles. The maximum absolute atomic E-state index is 10.9. The first kappa shape index (κ1) is 14.3. The summed E-state index contributed by atoms with van der Waals surface area (Å²) in [4.78, 5) is 10.9. The molecule has 1 heterocycles. The summed E-state index contributed by atoms with van der Waals surface area (Å²) in [5.74, 6) is -0.818. The van der Waals surface area contributed by atoms with Gasteiger partial charge in [-0.3, -0.25) is 9.48 Å². The van der Waals surface area contributed by atoms with E-state index in [-0.39, 0.29) is 6.42 Å². The van der Waals surface area contributed by atoms with E-state index in [1.54, 1.807) is 0 Å². The normalized spacial score (nSPS) is 10.8. The summed E-state index contributed by atoms with van der Waals surface area (Å²) in [5.41, 5.74) is 6.27. The van der Waals surface area contributed by atoms with Gasteiger partial charge in [0.15, 0.2) is 0 Å². The number of aliphatic carboxylic acids is 1. The van der Waals surface area contributed by atoms with Crippen molar-refractivity contribution >= 4 is 5.97 Å². The monoisotopic (exact) mass is 272 g/mol. The van der Waals surface area contributed by atoms with Crippen LogP contribution in [0.15, 0.2) is 18.2 Å². The minimum Gasteiger partial charge on any atom is -0.481 e. The Labute approximate surface area is 119 Å². The van der Waals surface area contributed by atoms with Crippen LogP contribution in [0.3, 0.4) is 0 Å². The Morgan fingerprint density at radius 3 is 2.50 bits per heavy atom. The molecule has 1 aromatic carbocycles. The van der Waals surface area contributed by atoms with Crippen LogP contribution in [0.1, 0.15) is 33.6 Å². The van der Waals surface area contributed by atoms with Crippen molar-refractivity contribution in [3.05, 3.63) is 51.8 Å². The van der Waals surface area contributed by atoms with E-state index in [1.165, 1.54) is 16.7 Å². The highest BCUT2D eigenvalue weighted by Gasteiger charge is 2.14. The molecule has 0 aliphatic heterocycles. The Balaban J connectivity index is 2.29. The minimum absolute atomic E-state index is 0.0323. The molecule has 4 nitrogen and oxygen atoms in total. The van der Waals surface area contributed by atoms with Gasteiger partial charge in [-0.05, 0) is 44.4 Å². The van der Waals surface area contributed by atoms with Crippen molar-refractivity contribution in [1.29, 1.82) is 0 Å². The number of carboxylic acid groups (broad SMARTS) is 1. The number of aryl methyl sites for hydroxylation is 3. The number of carboxylic acids is 1. The second kappa shape index (κ2) is 5.49. The van der Waals surface area contributed by atoms with E-state index in [2.05, 4.69) is 37.1 Å². The fraction of sp³-hybridized carbons (Fsp3) is 0.375. The molecule has 0 fully saturated rings. The molecule has 2 aromatic rings. The van der Waals surface area contributed by atoms with Crippen molar-refractivity contribution in [1.82, 2.24) is 9.78 Å². The Bertz CT molecular complexity index is 657. The molecule has 20 heavy (non-hydrogen) atoms. The SMILES string of the molecule is Cc1ccc(Cn2nc(C)c(CC(=O)O)c2C)cc1C. The van der Waals surface area contributed by atoms with Crippen molar-refractivity contribution in [2.75, 3.05) is 0 Å². The molecule has 0 atom stereocenters. The quantitative estimate of drug-likeness (QED) is 0.931. The Morgan fingerprint density at radius 2 is 1.90 bits per heavy atom.